The Balaban J connectivity index is 2.41. The Bertz CT molecular complexity index is 592. The van der Waals surface area contributed by atoms with Crippen LogP contribution in [0.3, 0.4) is 0 Å². The second-order valence-corrected chi connectivity index (χ2v) is 7.27. The molecule has 2 rings (SSSR count). The highest BCUT2D eigenvalue weighted by atomic mass is 31.2. The van der Waals surface area contributed by atoms with Gasteiger partial charge in [0.1, 0.15) is 0 Å². The van der Waals surface area contributed by atoms with Crippen molar-refractivity contribution in [2.75, 3.05) is 12.8 Å². The molecule has 0 aliphatic rings. The number of hydrogen-bond donors (Lipinski definition) is 0. The molecule has 0 heterocycles. The minimum absolute atomic E-state index is 0.494. The number of rotatable bonds is 6. The van der Waals surface area contributed by atoms with Crippen molar-refractivity contribution in [3.05, 3.63) is 42.5 Å². The van der Waals surface area contributed by atoms with Gasteiger partial charge in [0, 0.05) is 11.5 Å². The summed E-state index contributed by atoms with van der Waals surface area (Å²) in [6.45, 7) is 4.50. The minimum atomic E-state index is -2.69. The topological polar surface area (TPSA) is 26.3 Å². The van der Waals surface area contributed by atoms with Crippen LogP contribution in [0.4, 0.5) is 0 Å². The maximum atomic E-state index is 13.0. The molecule has 2 nitrogen and oxygen atoms in total. The van der Waals surface area contributed by atoms with Crippen LogP contribution in [0.25, 0.3) is 10.8 Å². The third-order valence-corrected chi connectivity index (χ3v) is 5.92. The molecule has 0 spiro atoms. The molecule has 3 heteroatoms. The van der Waals surface area contributed by atoms with Crippen molar-refractivity contribution in [1.29, 1.82) is 0 Å². The fraction of sp³-hybridized carbons (Fsp3) is 0.375. The summed E-state index contributed by atoms with van der Waals surface area (Å²) in [4.78, 5) is 0. The Labute approximate surface area is 115 Å². The van der Waals surface area contributed by atoms with Gasteiger partial charge < -0.3 is 4.52 Å². The molecule has 0 fully saturated rings. The largest absolute Gasteiger partial charge is 0.326 e. The Hall–Kier alpha value is -1.11. The van der Waals surface area contributed by atoms with Gasteiger partial charge in [0.15, 0.2) is 0 Å². The standard InChI is InChI=1S/C16H21O2P/c1-3-5-12-19(17,18-4-2)16-11-10-14-8-6-7-9-15(14)13-16/h6-11,13H,3-5,12H2,1-2H3. The van der Waals surface area contributed by atoms with E-state index < -0.39 is 7.37 Å². The minimum Gasteiger partial charge on any atom is -0.326 e. The second-order valence-electron chi connectivity index (χ2n) is 4.70. The summed E-state index contributed by atoms with van der Waals surface area (Å²) in [6, 6.07) is 14.1. The molecule has 0 N–H and O–H groups in total. The smallest absolute Gasteiger partial charge is 0.232 e. The van der Waals surface area contributed by atoms with Crippen molar-refractivity contribution in [3.63, 3.8) is 0 Å². The first-order valence-corrected chi connectivity index (χ1v) is 8.73. The van der Waals surface area contributed by atoms with E-state index in [4.69, 9.17) is 4.52 Å². The highest BCUT2D eigenvalue weighted by Crippen LogP contribution is 2.46. The highest BCUT2D eigenvalue weighted by Gasteiger charge is 2.24. The van der Waals surface area contributed by atoms with E-state index in [1.807, 2.05) is 37.3 Å². The first-order valence-electron chi connectivity index (χ1n) is 6.92. The second kappa shape index (κ2) is 6.36. The maximum absolute atomic E-state index is 13.0. The molecule has 0 aliphatic heterocycles. The summed E-state index contributed by atoms with van der Waals surface area (Å²) in [7, 11) is -2.69. The molecule has 0 aliphatic carbocycles. The fourth-order valence-electron chi connectivity index (χ4n) is 2.23. The van der Waals surface area contributed by atoms with Crippen LogP contribution in [0.5, 0.6) is 0 Å². The average Bonchev–Trinajstić information content (AvgIpc) is 2.45. The Morgan fingerprint density at radius 1 is 1.05 bits per heavy atom. The van der Waals surface area contributed by atoms with Gasteiger partial charge in [-0.25, -0.2) is 0 Å². The highest BCUT2D eigenvalue weighted by molar-refractivity contribution is 7.67. The van der Waals surface area contributed by atoms with E-state index in [1.54, 1.807) is 0 Å². The molecule has 2 aromatic rings. The molecule has 0 amide bonds. The van der Waals surface area contributed by atoms with E-state index in [9.17, 15) is 4.57 Å². The molecule has 19 heavy (non-hydrogen) atoms. The van der Waals surface area contributed by atoms with Crippen LogP contribution in [0.15, 0.2) is 42.5 Å². The van der Waals surface area contributed by atoms with Gasteiger partial charge in [-0.1, -0.05) is 43.7 Å². The predicted molar refractivity (Wildman–Crippen MR) is 82.6 cm³/mol. The van der Waals surface area contributed by atoms with Crippen molar-refractivity contribution in [2.24, 2.45) is 0 Å². The third-order valence-electron chi connectivity index (χ3n) is 3.27. The lowest BCUT2D eigenvalue weighted by Gasteiger charge is -2.18. The normalized spacial score (nSPS) is 14.4. The van der Waals surface area contributed by atoms with Crippen LogP contribution in [-0.2, 0) is 9.09 Å². The number of benzene rings is 2. The van der Waals surface area contributed by atoms with Gasteiger partial charge in [-0.2, -0.15) is 0 Å². The molecule has 1 atom stereocenters. The van der Waals surface area contributed by atoms with Crippen molar-refractivity contribution >= 4 is 23.4 Å². The molecule has 0 bridgehead atoms. The zero-order valence-corrected chi connectivity index (χ0v) is 12.5. The van der Waals surface area contributed by atoms with E-state index in [1.165, 1.54) is 5.39 Å². The van der Waals surface area contributed by atoms with Gasteiger partial charge in [0.2, 0.25) is 7.37 Å². The molecule has 0 radical (unpaired) electrons. The van der Waals surface area contributed by atoms with Crippen molar-refractivity contribution in [3.8, 4) is 0 Å². The molecule has 0 saturated heterocycles. The quantitative estimate of drug-likeness (QED) is 0.722. The Kier molecular flexibility index (Phi) is 4.79. The fourth-order valence-corrected chi connectivity index (χ4v) is 4.56. The van der Waals surface area contributed by atoms with Gasteiger partial charge in [-0.3, -0.25) is 4.57 Å². The van der Waals surface area contributed by atoms with E-state index in [-0.39, 0.29) is 0 Å². The Morgan fingerprint density at radius 3 is 2.47 bits per heavy atom. The SMILES string of the molecule is CCCCP(=O)(OCC)c1ccc2ccccc2c1. The average molecular weight is 276 g/mol. The summed E-state index contributed by atoms with van der Waals surface area (Å²) in [5, 5.41) is 3.14. The third kappa shape index (κ3) is 3.26. The summed E-state index contributed by atoms with van der Waals surface area (Å²) in [5.41, 5.74) is 0. The number of hydrogen-bond acceptors (Lipinski definition) is 2. The molecule has 2 aromatic carbocycles. The van der Waals surface area contributed by atoms with E-state index in [0.29, 0.717) is 12.8 Å². The van der Waals surface area contributed by atoms with E-state index >= 15 is 0 Å². The lowest BCUT2D eigenvalue weighted by molar-refractivity contribution is 0.340. The van der Waals surface area contributed by atoms with Gasteiger partial charge in [0.05, 0.1) is 6.61 Å². The van der Waals surface area contributed by atoms with Crippen LogP contribution in [0.2, 0.25) is 0 Å². The van der Waals surface area contributed by atoms with Crippen LogP contribution in [-0.4, -0.2) is 12.8 Å². The Morgan fingerprint density at radius 2 is 1.79 bits per heavy atom. The van der Waals surface area contributed by atoms with Gasteiger partial charge >= 0.3 is 0 Å². The van der Waals surface area contributed by atoms with Gasteiger partial charge in [-0.15, -0.1) is 0 Å². The zero-order chi connectivity index (χ0) is 13.7. The first-order chi connectivity index (χ1) is 9.19. The zero-order valence-electron chi connectivity index (χ0n) is 11.6. The van der Waals surface area contributed by atoms with Crippen molar-refractivity contribution < 1.29 is 9.09 Å². The molecule has 0 aromatic heterocycles. The lowest BCUT2D eigenvalue weighted by atomic mass is 10.1. The van der Waals surface area contributed by atoms with E-state index in [0.717, 1.165) is 23.5 Å². The molecular formula is C16H21O2P. The van der Waals surface area contributed by atoms with Gasteiger partial charge in [0.25, 0.3) is 0 Å². The van der Waals surface area contributed by atoms with Crippen LogP contribution >= 0.6 is 7.37 Å². The molecule has 1 unspecified atom stereocenters. The molecular weight excluding hydrogens is 255 g/mol. The summed E-state index contributed by atoms with van der Waals surface area (Å²) >= 11 is 0. The summed E-state index contributed by atoms with van der Waals surface area (Å²) in [6.07, 6.45) is 2.60. The number of unbranched alkanes of at least 4 members (excludes halogenated alkanes) is 1. The van der Waals surface area contributed by atoms with Crippen LogP contribution in [0.1, 0.15) is 26.7 Å². The summed E-state index contributed by atoms with van der Waals surface area (Å²) in [5.74, 6) is 0. The van der Waals surface area contributed by atoms with Crippen molar-refractivity contribution in [1.82, 2.24) is 0 Å². The lowest BCUT2D eigenvalue weighted by Crippen LogP contribution is -2.10. The predicted octanol–water partition coefficient (Wildman–Crippen LogP) is 4.58. The van der Waals surface area contributed by atoms with E-state index in [2.05, 4.69) is 19.1 Å². The molecule has 0 saturated carbocycles. The summed E-state index contributed by atoms with van der Waals surface area (Å²) < 4.78 is 18.6. The van der Waals surface area contributed by atoms with Crippen molar-refractivity contribution in [2.45, 2.75) is 26.7 Å². The van der Waals surface area contributed by atoms with Crippen LogP contribution < -0.4 is 5.30 Å². The monoisotopic (exact) mass is 276 g/mol. The van der Waals surface area contributed by atoms with Gasteiger partial charge in [-0.05, 0) is 36.2 Å². The maximum Gasteiger partial charge on any atom is 0.232 e. The molecule has 102 valence electrons. The number of fused-ring (bicyclic) bond motifs is 1. The first kappa shape index (κ1) is 14.3. The van der Waals surface area contributed by atoms with Crippen LogP contribution in [0, 0.1) is 0 Å².